The molecule has 140 valence electrons. The molecule has 0 radical (unpaired) electrons. The number of halogens is 4. The van der Waals surface area contributed by atoms with Crippen LogP contribution < -0.4 is 10.4 Å². The zero-order valence-corrected chi connectivity index (χ0v) is 15.5. The van der Waals surface area contributed by atoms with Crippen LogP contribution in [0.3, 0.4) is 0 Å². The van der Waals surface area contributed by atoms with Gasteiger partial charge in [-0.15, -0.1) is 0 Å². The summed E-state index contributed by atoms with van der Waals surface area (Å²) in [4.78, 5) is 23.7. The van der Waals surface area contributed by atoms with E-state index in [-0.39, 0.29) is 34.7 Å². The Morgan fingerprint density at radius 2 is 1.81 bits per heavy atom. The molecular weight excluding hydrogens is 429 g/mol. The van der Waals surface area contributed by atoms with Crippen LogP contribution in [0.15, 0.2) is 56.1 Å². The van der Waals surface area contributed by atoms with Crippen molar-refractivity contribution < 1.29 is 27.1 Å². The van der Waals surface area contributed by atoms with Crippen LogP contribution in [0, 0.1) is 6.92 Å². The van der Waals surface area contributed by atoms with E-state index in [0.29, 0.717) is 11.6 Å². The van der Waals surface area contributed by atoms with Crippen LogP contribution >= 0.6 is 15.9 Å². The molecule has 0 saturated carbocycles. The van der Waals surface area contributed by atoms with Crippen molar-refractivity contribution in [3.05, 3.63) is 74.0 Å². The van der Waals surface area contributed by atoms with Crippen LogP contribution in [-0.2, 0) is 6.18 Å². The number of ether oxygens (including phenoxy) is 1. The second-order valence-electron chi connectivity index (χ2n) is 5.76. The highest BCUT2D eigenvalue weighted by atomic mass is 79.9. The number of hydrogen-bond donors (Lipinski definition) is 0. The highest BCUT2D eigenvalue weighted by Crippen LogP contribution is 2.36. The molecule has 0 fully saturated rings. The maximum Gasteiger partial charge on any atom is 0.417 e. The summed E-state index contributed by atoms with van der Waals surface area (Å²) < 4.78 is 50.6. The molecule has 0 bridgehead atoms. The van der Waals surface area contributed by atoms with Gasteiger partial charge >= 0.3 is 11.8 Å². The van der Waals surface area contributed by atoms with Gasteiger partial charge in [-0.05, 0) is 31.2 Å². The summed E-state index contributed by atoms with van der Waals surface area (Å²) in [5, 5.41) is -0.244. The smallest absolute Gasteiger partial charge is 0.417 e. The largest absolute Gasteiger partial charge is 0.485 e. The van der Waals surface area contributed by atoms with Gasteiger partial charge in [-0.3, -0.25) is 4.79 Å². The van der Waals surface area contributed by atoms with E-state index >= 15 is 0 Å². The molecule has 0 aliphatic rings. The molecule has 0 atom stereocenters. The number of benzene rings is 2. The van der Waals surface area contributed by atoms with Gasteiger partial charge in [-0.1, -0.05) is 28.1 Å². The van der Waals surface area contributed by atoms with E-state index in [4.69, 9.17) is 9.15 Å². The lowest BCUT2D eigenvalue weighted by Crippen LogP contribution is -2.13. The molecular formula is C19H12BrF3O4. The number of rotatable bonds is 4. The van der Waals surface area contributed by atoms with Crippen molar-refractivity contribution >= 4 is 32.7 Å². The molecule has 3 rings (SSSR count). The predicted octanol–water partition coefficient (Wildman–Crippen LogP) is 5.14. The topological polar surface area (TPSA) is 56.5 Å². The van der Waals surface area contributed by atoms with E-state index < -0.39 is 17.4 Å². The van der Waals surface area contributed by atoms with Gasteiger partial charge < -0.3 is 9.15 Å². The number of ketones is 1. The molecule has 4 nitrogen and oxygen atoms in total. The van der Waals surface area contributed by atoms with Crippen molar-refractivity contribution in [2.24, 2.45) is 0 Å². The lowest BCUT2D eigenvalue weighted by Gasteiger charge is -2.13. The number of hydrogen-bond acceptors (Lipinski definition) is 4. The van der Waals surface area contributed by atoms with Crippen molar-refractivity contribution in [2.75, 3.05) is 6.61 Å². The maximum absolute atomic E-state index is 13.1. The van der Waals surface area contributed by atoms with Gasteiger partial charge in [0.25, 0.3) is 0 Å². The number of alkyl halides is 3. The Bertz CT molecular complexity index is 1070. The highest BCUT2D eigenvalue weighted by Gasteiger charge is 2.34. The summed E-state index contributed by atoms with van der Waals surface area (Å²) in [5.41, 5.74) is -1.76. The van der Waals surface area contributed by atoms with Gasteiger partial charge in [0, 0.05) is 27.1 Å². The SMILES string of the molecule is Cc1c(OCC(=O)c2ccc(Br)cc2)ccc2c(C(F)(F)F)cc(=O)oc12. The molecule has 1 heterocycles. The van der Waals surface area contributed by atoms with Gasteiger partial charge in [-0.2, -0.15) is 13.2 Å². The Balaban J connectivity index is 1.92. The predicted molar refractivity (Wildman–Crippen MR) is 96.2 cm³/mol. The summed E-state index contributed by atoms with van der Waals surface area (Å²) in [7, 11) is 0. The zero-order valence-electron chi connectivity index (χ0n) is 13.9. The minimum Gasteiger partial charge on any atom is -0.485 e. The van der Waals surface area contributed by atoms with Crippen LogP contribution in [0.5, 0.6) is 5.75 Å². The Morgan fingerprint density at radius 1 is 1.15 bits per heavy atom. The van der Waals surface area contributed by atoms with Crippen LogP contribution in [0.25, 0.3) is 11.0 Å². The number of carbonyl (C=O) groups is 1. The number of carbonyl (C=O) groups excluding carboxylic acids is 1. The number of Topliss-reactive ketones (excluding diaryl/α,β-unsaturated/α-hetero) is 1. The van der Waals surface area contributed by atoms with Crippen molar-refractivity contribution in [1.29, 1.82) is 0 Å². The van der Waals surface area contributed by atoms with Gasteiger partial charge in [0.2, 0.25) is 0 Å². The maximum atomic E-state index is 13.1. The summed E-state index contributed by atoms with van der Waals surface area (Å²) >= 11 is 3.27. The fourth-order valence-corrected chi connectivity index (χ4v) is 2.86. The molecule has 0 saturated heterocycles. The van der Waals surface area contributed by atoms with Gasteiger partial charge in [-0.25, -0.2) is 4.79 Å². The average Bonchev–Trinajstić information content (AvgIpc) is 2.60. The molecule has 0 amide bonds. The van der Waals surface area contributed by atoms with E-state index in [0.717, 1.165) is 10.5 Å². The Labute approximate surface area is 159 Å². The zero-order chi connectivity index (χ0) is 19.8. The minimum atomic E-state index is -4.69. The van der Waals surface area contributed by atoms with Crippen molar-refractivity contribution in [1.82, 2.24) is 0 Å². The molecule has 0 N–H and O–H groups in total. The first-order chi connectivity index (χ1) is 12.7. The van der Waals surface area contributed by atoms with E-state index in [2.05, 4.69) is 15.9 Å². The lowest BCUT2D eigenvalue weighted by atomic mass is 10.1. The molecule has 0 aliphatic heterocycles. The van der Waals surface area contributed by atoms with Crippen LogP contribution in [0.2, 0.25) is 0 Å². The monoisotopic (exact) mass is 440 g/mol. The Kier molecular flexibility index (Phi) is 5.10. The third kappa shape index (κ3) is 4.05. The fourth-order valence-electron chi connectivity index (χ4n) is 2.60. The number of aryl methyl sites for hydroxylation is 1. The normalized spacial score (nSPS) is 11.6. The van der Waals surface area contributed by atoms with E-state index in [1.165, 1.54) is 13.0 Å². The number of fused-ring (bicyclic) bond motifs is 1. The molecule has 2 aromatic carbocycles. The van der Waals surface area contributed by atoms with Crippen LogP contribution in [0.4, 0.5) is 13.2 Å². The van der Waals surface area contributed by atoms with Gasteiger partial charge in [0.05, 0.1) is 5.56 Å². The molecule has 0 unspecified atom stereocenters. The van der Waals surface area contributed by atoms with Gasteiger partial charge in [0.1, 0.15) is 11.3 Å². The highest BCUT2D eigenvalue weighted by molar-refractivity contribution is 9.10. The second-order valence-corrected chi connectivity index (χ2v) is 6.68. The van der Waals surface area contributed by atoms with E-state index in [1.54, 1.807) is 24.3 Å². The molecule has 0 spiro atoms. The molecule has 8 heteroatoms. The Morgan fingerprint density at radius 3 is 2.44 bits per heavy atom. The second kappa shape index (κ2) is 7.19. The quantitative estimate of drug-likeness (QED) is 0.416. The van der Waals surface area contributed by atoms with E-state index in [1.807, 2.05) is 0 Å². The standard InChI is InChI=1S/C19H12BrF3O4/c1-10-16(26-9-15(24)11-2-4-12(20)5-3-11)7-6-13-14(19(21,22)23)8-17(25)27-18(10)13/h2-8H,9H2,1H3. The summed E-state index contributed by atoms with van der Waals surface area (Å²) in [5.74, 6) is -0.136. The van der Waals surface area contributed by atoms with Crippen molar-refractivity contribution in [3.63, 3.8) is 0 Å². The minimum absolute atomic E-state index is 0.162. The summed E-state index contributed by atoms with van der Waals surface area (Å²) in [6, 6.07) is 9.56. The average molecular weight is 441 g/mol. The first-order valence-electron chi connectivity index (χ1n) is 7.73. The molecule has 27 heavy (non-hydrogen) atoms. The van der Waals surface area contributed by atoms with Crippen LogP contribution in [0.1, 0.15) is 21.5 Å². The van der Waals surface area contributed by atoms with Gasteiger partial charge in [0.15, 0.2) is 12.4 Å². The van der Waals surface area contributed by atoms with Crippen molar-refractivity contribution in [3.8, 4) is 5.75 Å². The Hall–Kier alpha value is -2.61. The molecule has 3 aromatic rings. The molecule has 1 aromatic heterocycles. The van der Waals surface area contributed by atoms with Crippen LogP contribution in [-0.4, -0.2) is 12.4 Å². The lowest BCUT2D eigenvalue weighted by molar-refractivity contribution is -0.136. The summed E-state index contributed by atoms with van der Waals surface area (Å²) in [6.45, 7) is 1.15. The first-order valence-corrected chi connectivity index (χ1v) is 8.52. The van der Waals surface area contributed by atoms with Crippen molar-refractivity contribution in [2.45, 2.75) is 13.1 Å². The van der Waals surface area contributed by atoms with E-state index in [9.17, 15) is 22.8 Å². The fraction of sp³-hybridized carbons (Fsp3) is 0.158. The molecule has 0 aliphatic carbocycles. The first kappa shape index (κ1) is 19.2. The summed E-state index contributed by atoms with van der Waals surface area (Å²) in [6.07, 6.45) is -4.69. The third-order valence-corrected chi connectivity index (χ3v) is 4.47. The third-order valence-electron chi connectivity index (χ3n) is 3.94.